The van der Waals surface area contributed by atoms with Crippen LogP contribution in [-0.2, 0) is 17.8 Å². The van der Waals surface area contributed by atoms with E-state index < -0.39 is 0 Å². The fraction of sp³-hybridized carbons (Fsp3) is 0.375. The number of unbranched alkanes of at least 4 members (excludes halogenated alkanes) is 1. The molecule has 1 unspecified atom stereocenters. The quantitative estimate of drug-likeness (QED) is 0.117. The highest BCUT2D eigenvalue weighted by Gasteiger charge is 2.25. The molecule has 0 spiro atoms. The summed E-state index contributed by atoms with van der Waals surface area (Å²) >= 11 is 0. The van der Waals surface area contributed by atoms with Crippen molar-refractivity contribution in [3.63, 3.8) is 0 Å². The second-order valence-corrected chi connectivity index (χ2v) is 10.8. The lowest BCUT2D eigenvalue weighted by atomic mass is 9.97. The maximum atomic E-state index is 12.3. The van der Waals surface area contributed by atoms with E-state index in [1.54, 1.807) is 0 Å². The van der Waals surface area contributed by atoms with Gasteiger partial charge in [0, 0.05) is 35.9 Å². The van der Waals surface area contributed by atoms with E-state index in [0.717, 1.165) is 91.5 Å². The topological polar surface area (TPSA) is 128 Å². The fourth-order valence-corrected chi connectivity index (χ4v) is 5.74. The number of rotatable bonds is 12. The van der Waals surface area contributed by atoms with Gasteiger partial charge in [-0.25, -0.2) is 4.99 Å². The van der Waals surface area contributed by atoms with Crippen LogP contribution in [-0.4, -0.2) is 63.9 Å². The third-order valence-corrected chi connectivity index (χ3v) is 7.78. The molecule has 5 rings (SSSR count). The highest BCUT2D eigenvalue weighted by atomic mass is 16.1. The molecular weight excluding hydrogens is 512 g/mol. The van der Waals surface area contributed by atoms with Crippen LogP contribution in [0.2, 0.25) is 0 Å². The first-order valence-corrected chi connectivity index (χ1v) is 14.6. The molecule has 1 aliphatic rings. The van der Waals surface area contributed by atoms with Gasteiger partial charge >= 0.3 is 0 Å². The van der Waals surface area contributed by atoms with Crippen LogP contribution >= 0.6 is 0 Å². The van der Waals surface area contributed by atoms with Crippen molar-refractivity contribution in [2.75, 3.05) is 26.2 Å². The standard InChI is InChI=1S/C32H40N8O/c1-2-35-32(41)26-11-8-16-39(20-26)15-7-6-12-27-18-28(30(37-27)31(34)36-22-33)24-13-14-25-21-40(38-29(25)17-24)19-23-9-4-3-5-10-23/h3-5,9-10,13-14,17-18,21-22,26,37H,2,6-8,11-12,15-16,19-20H2,1H3,(H,35,41)(H3,33,34,36). The van der Waals surface area contributed by atoms with E-state index in [0.29, 0.717) is 18.9 Å². The summed E-state index contributed by atoms with van der Waals surface area (Å²) in [6.07, 6.45) is 8.06. The van der Waals surface area contributed by atoms with Crippen LogP contribution in [0.3, 0.4) is 0 Å². The zero-order valence-electron chi connectivity index (χ0n) is 23.8. The number of aliphatic imine (C=N–C) groups is 1. The minimum atomic E-state index is 0.107. The number of aromatic amines is 1. The molecule has 4 aromatic rings. The number of aryl methyl sites for hydroxylation is 1. The van der Waals surface area contributed by atoms with Crippen LogP contribution < -0.4 is 11.1 Å². The van der Waals surface area contributed by atoms with Gasteiger partial charge in [-0.15, -0.1) is 0 Å². The molecule has 41 heavy (non-hydrogen) atoms. The van der Waals surface area contributed by atoms with Crippen LogP contribution in [0.4, 0.5) is 0 Å². The predicted molar refractivity (Wildman–Crippen MR) is 165 cm³/mol. The number of piperidine rings is 1. The van der Waals surface area contributed by atoms with Gasteiger partial charge in [-0.3, -0.25) is 14.9 Å². The van der Waals surface area contributed by atoms with Gasteiger partial charge in [0.15, 0.2) is 0 Å². The summed E-state index contributed by atoms with van der Waals surface area (Å²) in [5.74, 6) is 0.588. The van der Waals surface area contributed by atoms with E-state index in [2.05, 4.69) is 62.8 Å². The monoisotopic (exact) mass is 552 g/mol. The van der Waals surface area contributed by atoms with E-state index in [1.165, 1.54) is 5.56 Å². The first kappa shape index (κ1) is 28.3. The summed E-state index contributed by atoms with van der Waals surface area (Å²) < 4.78 is 1.97. The summed E-state index contributed by atoms with van der Waals surface area (Å²) in [6, 6.07) is 18.7. The Hall–Kier alpha value is -4.24. The van der Waals surface area contributed by atoms with Crippen molar-refractivity contribution in [2.24, 2.45) is 16.6 Å². The molecule has 3 heterocycles. The fourth-order valence-electron chi connectivity index (χ4n) is 5.74. The molecule has 0 saturated carbocycles. The lowest BCUT2D eigenvalue weighted by Crippen LogP contribution is -2.43. The highest BCUT2D eigenvalue weighted by Crippen LogP contribution is 2.29. The number of likely N-dealkylation sites (tertiary alicyclic amines) is 1. The van der Waals surface area contributed by atoms with Gasteiger partial charge in [0.1, 0.15) is 12.2 Å². The molecule has 0 radical (unpaired) electrons. The molecule has 2 aromatic carbocycles. The van der Waals surface area contributed by atoms with Gasteiger partial charge in [-0.05, 0) is 75.4 Å². The Morgan fingerprint density at radius 2 is 2.07 bits per heavy atom. The van der Waals surface area contributed by atoms with Crippen LogP contribution in [0, 0.1) is 11.3 Å². The van der Waals surface area contributed by atoms with Gasteiger partial charge in [-0.1, -0.05) is 42.5 Å². The number of nitrogens with zero attached hydrogens (tertiary/aromatic N) is 4. The number of nitrogens with two attached hydrogens (primary N) is 1. The van der Waals surface area contributed by atoms with Gasteiger partial charge in [0.25, 0.3) is 0 Å². The number of nitrogens with one attached hydrogen (secondary N) is 3. The van der Waals surface area contributed by atoms with Gasteiger partial charge in [0.05, 0.1) is 23.7 Å². The summed E-state index contributed by atoms with van der Waals surface area (Å²) in [4.78, 5) is 22.2. The Labute approximate surface area is 241 Å². The van der Waals surface area contributed by atoms with Crippen LogP contribution in [0.1, 0.15) is 49.6 Å². The minimum Gasteiger partial charge on any atom is -0.382 e. The van der Waals surface area contributed by atoms with E-state index in [4.69, 9.17) is 16.2 Å². The van der Waals surface area contributed by atoms with Crippen molar-refractivity contribution in [1.29, 1.82) is 5.41 Å². The number of hydrogen-bond acceptors (Lipinski definition) is 4. The van der Waals surface area contributed by atoms with Crippen molar-refractivity contribution in [3.05, 3.63) is 77.7 Å². The number of hydrogen-bond donors (Lipinski definition) is 4. The third kappa shape index (κ3) is 7.10. The smallest absolute Gasteiger partial charge is 0.224 e. The summed E-state index contributed by atoms with van der Waals surface area (Å²) in [5.41, 5.74) is 12.2. The molecule has 1 fully saturated rings. The Bertz CT molecular complexity index is 1500. The molecule has 1 aliphatic heterocycles. The van der Waals surface area contributed by atoms with Gasteiger partial charge < -0.3 is 20.9 Å². The van der Waals surface area contributed by atoms with E-state index in [9.17, 15) is 4.79 Å². The maximum absolute atomic E-state index is 12.3. The first-order chi connectivity index (χ1) is 20.0. The number of carbonyl (C=O) groups excluding carboxylic acids is 1. The lowest BCUT2D eigenvalue weighted by molar-refractivity contribution is -0.126. The summed E-state index contributed by atoms with van der Waals surface area (Å²) in [5, 5.41) is 16.3. The number of amides is 1. The first-order valence-electron chi connectivity index (χ1n) is 14.6. The summed E-state index contributed by atoms with van der Waals surface area (Å²) in [6.45, 7) is 6.29. The van der Waals surface area contributed by atoms with E-state index in [-0.39, 0.29) is 11.8 Å². The summed E-state index contributed by atoms with van der Waals surface area (Å²) in [7, 11) is 0. The van der Waals surface area contributed by atoms with Crippen molar-refractivity contribution in [2.45, 2.75) is 45.6 Å². The molecule has 9 heteroatoms. The van der Waals surface area contributed by atoms with E-state index >= 15 is 0 Å². The second-order valence-electron chi connectivity index (χ2n) is 10.8. The van der Waals surface area contributed by atoms with E-state index in [1.807, 2.05) is 29.8 Å². The average molecular weight is 553 g/mol. The largest absolute Gasteiger partial charge is 0.382 e. The third-order valence-electron chi connectivity index (χ3n) is 7.78. The molecule has 5 N–H and O–H groups in total. The minimum absolute atomic E-state index is 0.107. The zero-order valence-corrected chi connectivity index (χ0v) is 23.8. The van der Waals surface area contributed by atoms with Crippen molar-refractivity contribution < 1.29 is 4.79 Å². The Kier molecular flexibility index (Phi) is 9.26. The van der Waals surface area contributed by atoms with Crippen LogP contribution in [0.25, 0.3) is 22.0 Å². The molecule has 9 nitrogen and oxygen atoms in total. The molecule has 1 atom stereocenters. The Morgan fingerprint density at radius 1 is 1.22 bits per heavy atom. The molecular formula is C32H40N8O. The maximum Gasteiger partial charge on any atom is 0.224 e. The average Bonchev–Trinajstić information content (AvgIpc) is 3.60. The second kappa shape index (κ2) is 13.4. The molecule has 0 bridgehead atoms. The number of aromatic nitrogens is 3. The molecule has 214 valence electrons. The lowest BCUT2D eigenvalue weighted by Gasteiger charge is -2.31. The molecule has 1 saturated heterocycles. The molecule has 1 amide bonds. The number of H-pyrrole nitrogens is 1. The van der Waals surface area contributed by atoms with Crippen LogP contribution in [0.15, 0.2) is 65.8 Å². The SMILES string of the molecule is CCNC(=O)C1CCCN(CCCCc2cc(-c3ccc4cn(Cc5ccccc5)nc4c3)c(/C(N)=N\C=N)[nH]2)C1. The van der Waals surface area contributed by atoms with Crippen molar-refractivity contribution in [1.82, 2.24) is 25.0 Å². The molecule has 0 aliphatic carbocycles. The van der Waals surface area contributed by atoms with Gasteiger partial charge in [0.2, 0.25) is 5.91 Å². The van der Waals surface area contributed by atoms with Gasteiger partial charge in [-0.2, -0.15) is 5.10 Å². The van der Waals surface area contributed by atoms with Crippen LogP contribution in [0.5, 0.6) is 0 Å². The number of benzene rings is 2. The normalized spacial score (nSPS) is 16.2. The van der Waals surface area contributed by atoms with Crippen molar-refractivity contribution >= 4 is 29.0 Å². The predicted octanol–water partition coefficient (Wildman–Crippen LogP) is 4.56. The zero-order chi connectivity index (χ0) is 28.6. The molecule has 2 aromatic heterocycles. The highest BCUT2D eigenvalue weighted by molar-refractivity contribution is 6.05. The number of carbonyl (C=O) groups is 1. The Balaban J connectivity index is 1.26. The number of fused-ring (bicyclic) bond motifs is 1. The number of amidine groups is 1. The van der Waals surface area contributed by atoms with Crippen molar-refractivity contribution in [3.8, 4) is 11.1 Å². The Morgan fingerprint density at radius 3 is 2.88 bits per heavy atom.